The molecule has 6 heteroatoms. The molecule has 1 heterocycles. The average Bonchev–Trinajstić information content (AvgIpc) is 2.36. The molecule has 2 rings (SSSR count). The molecule has 1 aromatic carbocycles. The van der Waals surface area contributed by atoms with E-state index in [0.717, 1.165) is 5.56 Å². The molecule has 2 aromatic rings. The molecule has 1 aromatic heterocycles. The largest absolute Gasteiger partial charge is 0.308 e. The second-order valence-corrected chi connectivity index (χ2v) is 4.76. The second kappa shape index (κ2) is 5.32. The maximum atomic E-state index is 13.6. The highest BCUT2D eigenvalue weighted by Crippen LogP contribution is 2.32. The maximum absolute atomic E-state index is 13.6. The summed E-state index contributed by atoms with van der Waals surface area (Å²) in [6.07, 6.45) is 0. The molecule has 0 radical (unpaired) electrons. The van der Waals surface area contributed by atoms with Crippen LogP contribution in [0, 0.1) is 19.7 Å². The van der Waals surface area contributed by atoms with Crippen LogP contribution in [0.25, 0.3) is 0 Å². The number of nitrogens with one attached hydrogen (secondary N) is 1. The molecule has 0 aliphatic heterocycles. The number of halogens is 1. The summed E-state index contributed by atoms with van der Waals surface area (Å²) in [4.78, 5) is 9.00. The van der Waals surface area contributed by atoms with Crippen LogP contribution in [0.15, 0.2) is 34.2 Å². The summed E-state index contributed by atoms with van der Waals surface area (Å²) in [5, 5.41) is 0.695. The van der Waals surface area contributed by atoms with Crippen molar-refractivity contribution in [2.45, 2.75) is 23.8 Å². The number of aromatic nitrogens is 2. The van der Waals surface area contributed by atoms with Gasteiger partial charge in [-0.05, 0) is 26.0 Å². The molecule has 0 aliphatic carbocycles. The topological polar surface area (TPSA) is 63.8 Å². The van der Waals surface area contributed by atoms with Crippen LogP contribution in [0.2, 0.25) is 0 Å². The summed E-state index contributed by atoms with van der Waals surface area (Å²) < 4.78 is 13.6. The van der Waals surface area contributed by atoms with Gasteiger partial charge in [-0.1, -0.05) is 23.9 Å². The van der Waals surface area contributed by atoms with Crippen molar-refractivity contribution in [3.05, 3.63) is 41.5 Å². The Morgan fingerprint density at radius 3 is 2.61 bits per heavy atom. The van der Waals surface area contributed by atoms with Crippen molar-refractivity contribution in [2.75, 3.05) is 5.43 Å². The van der Waals surface area contributed by atoms with Crippen molar-refractivity contribution in [2.24, 2.45) is 5.84 Å². The highest BCUT2D eigenvalue weighted by Gasteiger charge is 2.11. The summed E-state index contributed by atoms with van der Waals surface area (Å²) in [6, 6.07) is 6.58. The smallest absolute Gasteiger partial charge is 0.147 e. The normalized spacial score (nSPS) is 10.4. The minimum atomic E-state index is -0.263. The van der Waals surface area contributed by atoms with Gasteiger partial charge in [0.25, 0.3) is 0 Å². The molecule has 3 N–H and O–H groups in total. The first kappa shape index (κ1) is 12.8. The third-order valence-electron chi connectivity index (χ3n) is 2.39. The number of rotatable bonds is 3. The predicted molar refractivity (Wildman–Crippen MR) is 69.8 cm³/mol. The zero-order valence-electron chi connectivity index (χ0n) is 10.1. The molecule has 0 fully saturated rings. The molecule has 0 saturated heterocycles. The fourth-order valence-corrected chi connectivity index (χ4v) is 2.42. The van der Waals surface area contributed by atoms with Crippen molar-refractivity contribution in [1.29, 1.82) is 0 Å². The van der Waals surface area contributed by atoms with Gasteiger partial charge in [-0.25, -0.2) is 20.2 Å². The van der Waals surface area contributed by atoms with Crippen molar-refractivity contribution in [3.63, 3.8) is 0 Å². The van der Waals surface area contributed by atoms with Crippen molar-refractivity contribution < 1.29 is 4.39 Å². The van der Waals surface area contributed by atoms with Gasteiger partial charge in [-0.2, -0.15) is 0 Å². The average molecular weight is 264 g/mol. The fraction of sp³-hybridized carbons (Fsp3) is 0.167. The number of benzene rings is 1. The van der Waals surface area contributed by atoms with Gasteiger partial charge >= 0.3 is 0 Å². The van der Waals surface area contributed by atoms with Crippen LogP contribution in [0.5, 0.6) is 0 Å². The van der Waals surface area contributed by atoms with Crippen LogP contribution in [0.1, 0.15) is 11.4 Å². The minimum Gasteiger partial charge on any atom is -0.308 e. The Labute approximate surface area is 109 Å². The monoisotopic (exact) mass is 264 g/mol. The Kier molecular flexibility index (Phi) is 3.78. The van der Waals surface area contributed by atoms with Crippen LogP contribution in [-0.2, 0) is 0 Å². The standard InChI is InChI=1S/C12H13FN4S/c1-7-11(17-14)15-8(2)16-12(7)18-10-6-4-3-5-9(10)13/h3-6H,14H2,1-2H3,(H,15,16,17). The lowest BCUT2D eigenvalue weighted by Crippen LogP contribution is -2.12. The van der Waals surface area contributed by atoms with Gasteiger partial charge in [-0.15, -0.1) is 0 Å². The van der Waals surface area contributed by atoms with Crippen LogP contribution >= 0.6 is 11.8 Å². The third-order valence-corrected chi connectivity index (χ3v) is 3.53. The number of nitrogens with two attached hydrogens (primary N) is 1. The van der Waals surface area contributed by atoms with E-state index in [0.29, 0.717) is 21.6 Å². The third kappa shape index (κ3) is 2.60. The maximum Gasteiger partial charge on any atom is 0.147 e. The summed E-state index contributed by atoms with van der Waals surface area (Å²) in [5.74, 6) is 6.27. The second-order valence-electron chi connectivity index (χ2n) is 3.73. The predicted octanol–water partition coefficient (Wildman–Crippen LogP) is 2.67. The summed E-state index contributed by atoms with van der Waals surface area (Å²) in [5.41, 5.74) is 3.32. The number of hydrogen-bond acceptors (Lipinski definition) is 5. The van der Waals surface area contributed by atoms with Gasteiger partial charge in [0.2, 0.25) is 0 Å². The Hall–Kier alpha value is -1.66. The van der Waals surface area contributed by atoms with E-state index in [-0.39, 0.29) is 5.82 Å². The molecule has 0 aliphatic rings. The van der Waals surface area contributed by atoms with E-state index in [1.807, 2.05) is 6.92 Å². The van der Waals surface area contributed by atoms with Gasteiger partial charge in [-0.3, -0.25) is 0 Å². The first-order valence-corrected chi connectivity index (χ1v) is 6.17. The summed E-state index contributed by atoms with van der Waals surface area (Å²) >= 11 is 1.26. The molecule has 4 nitrogen and oxygen atoms in total. The number of nitrogen functional groups attached to an aromatic ring is 1. The Bertz CT molecular complexity index is 574. The molecule has 0 unspecified atom stereocenters. The lowest BCUT2D eigenvalue weighted by atomic mass is 10.3. The van der Waals surface area contributed by atoms with E-state index in [2.05, 4.69) is 15.4 Å². The van der Waals surface area contributed by atoms with Gasteiger partial charge in [0, 0.05) is 10.5 Å². The molecule has 0 spiro atoms. The Morgan fingerprint density at radius 1 is 1.22 bits per heavy atom. The number of aryl methyl sites for hydroxylation is 1. The molecular weight excluding hydrogens is 251 g/mol. The van der Waals surface area contributed by atoms with Crippen LogP contribution in [0.3, 0.4) is 0 Å². The lowest BCUT2D eigenvalue weighted by molar-refractivity contribution is 0.602. The summed E-state index contributed by atoms with van der Waals surface area (Å²) in [7, 11) is 0. The zero-order valence-corrected chi connectivity index (χ0v) is 10.9. The van der Waals surface area contributed by atoms with Crippen molar-refractivity contribution >= 4 is 17.6 Å². The SMILES string of the molecule is Cc1nc(NN)c(C)c(Sc2ccccc2F)n1. The van der Waals surface area contributed by atoms with Gasteiger partial charge in [0.15, 0.2) is 0 Å². The molecular formula is C12H13FN4S. The first-order valence-electron chi connectivity index (χ1n) is 5.36. The molecule has 0 bridgehead atoms. The molecule has 18 heavy (non-hydrogen) atoms. The zero-order chi connectivity index (χ0) is 13.1. The number of anilines is 1. The van der Waals surface area contributed by atoms with E-state index in [9.17, 15) is 4.39 Å². The van der Waals surface area contributed by atoms with Crippen molar-refractivity contribution in [1.82, 2.24) is 9.97 Å². The van der Waals surface area contributed by atoms with E-state index in [1.54, 1.807) is 25.1 Å². The highest BCUT2D eigenvalue weighted by atomic mass is 32.2. The molecule has 94 valence electrons. The van der Waals surface area contributed by atoms with E-state index in [1.165, 1.54) is 17.8 Å². The Balaban J connectivity index is 2.40. The van der Waals surface area contributed by atoms with Crippen LogP contribution < -0.4 is 11.3 Å². The lowest BCUT2D eigenvalue weighted by Gasteiger charge is -2.10. The van der Waals surface area contributed by atoms with Crippen molar-refractivity contribution in [3.8, 4) is 0 Å². The van der Waals surface area contributed by atoms with Crippen LogP contribution in [-0.4, -0.2) is 9.97 Å². The van der Waals surface area contributed by atoms with E-state index < -0.39 is 0 Å². The fourth-order valence-electron chi connectivity index (χ4n) is 1.47. The molecule has 0 atom stereocenters. The molecule has 0 saturated carbocycles. The minimum absolute atomic E-state index is 0.263. The Morgan fingerprint density at radius 2 is 1.94 bits per heavy atom. The number of hydrogen-bond donors (Lipinski definition) is 2. The first-order chi connectivity index (χ1) is 8.61. The van der Waals surface area contributed by atoms with E-state index >= 15 is 0 Å². The molecule has 0 amide bonds. The van der Waals surface area contributed by atoms with Gasteiger partial charge < -0.3 is 5.43 Å². The van der Waals surface area contributed by atoms with E-state index in [4.69, 9.17) is 5.84 Å². The van der Waals surface area contributed by atoms with Crippen LogP contribution in [0.4, 0.5) is 10.2 Å². The van der Waals surface area contributed by atoms with Gasteiger partial charge in [0.05, 0.1) is 0 Å². The quantitative estimate of drug-likeness (QED) is 0.507. The number of hydrazine groups is 1. The highest BCUT2D eigenvalue weighted by molar-refractivity contribution is 7.99. The summed E-state index contributed by atoms with van der Waals surface area (Å²) in [6.45, 7) is 3.61. The number of nitrogens with zero attached hydrogens (tertiary/aromatic N) is 2. The van der Waals surface area contributed by atoms with Gasteiger partial charge in [0.1, 0.15) is 22.5 Å².